The summed E-state index contributed by atoms with van der Waals surface area (Å²) in [6.07, 6.45) is 4.11. The van der Waals surface area contributed by atoms with Gasteiger partial charge in [-0.2, -0.15) is 4.73 Å². The molecule has 0 spiro atoms. The molecule has 25 heavy (non-hydrogen) atoms. The van der Waals surface area contributed by atoms with Crippen molar-refractivity contribution in [3.05, 3.63) is 62.6 Å². The lowest BCUT2D eigenvalue weighted by Crippen LogP contribution is -2.38. The summed E-state index contributed by atoms with van der Waals surface area (Å²) >= 11 is 2.36. The molecular weight excluding hydrogens is 362 g/mol. The van der Waals surface area contributed by atoms with E-state index in [0.29, 0.717) is 9.64 Å². The number of aromatic nitrogens is 1. The molecule has 1 saturated heterocycles. The highest BCUT2D eigenvalue weighted by molar-refractivity contribution is 8.18. The zero-order valence-electron chi connectivity index (χ0n) is 12.9. The lowest BCUT2D eigenvalue weighted by Gasteiger charge is -2.12. The number of pyridine rings is 1. The predicted octanol–water partition coefficient (Wildman–Crippen LogP) is 1.85. The van der Waals surface area contributed by atoms with Crippen LogP contribution in [0.25, 0.3) is 6.08 Å². The second kappa shape index (κ2) is 7.49. The third-order valence-corrected chi connectivity index (χ3v) is 5.08. The third kappa shape index (κ3) is 4.06. The first-order chi connectivity index (χ1) is 12.0. The molecule has 7 nitrogen and oxygen atoms in total. The van der Waals surface area contributed by atoms with Crippen LogP contribution in [0.15, 0.2) is 46.9 Å². The van der Waals surface area contributed by atoms with E-state index in [2.05, 4.69) is 5.32 Å². The Bertz CT molecular complexity index is 849. The molecule has 1 N–H and O–H groups in total. The van der Waals surface area contributed by atoms with E-state index in [1.165, 1.54) is 29.7 Å². The van der Waals surface area contributed by atoms with E-state index >= 15 is 0 Å². The molecule has 1 fully saturated rings. The summed E-state index contributed by atoms with van der Waals surface area (Å²) < 4.78 is 0.528. The zero-order chi connectivity index (χ0) is 17.8. The number of nitrogens with one attached hydrogen (secondary N) is 1. The Hall–Kier alpha value is -2.65. The van der Waals surface area contributed by atoms with Crippen LogP contribution in [0.5, 0.6) is 0 Å². The molecule has 0 atom stereocenters. The number of amides is 3. The van der Waals surface area contributed by atoms with E-state index in [1.54, 1.807) is 6.08 Å². The molecule has 9 heteroatoms. The Morgan fingerprint density at radius 1 is 1.32 bits per heavy atom. The lowest BCUT2D eigenvalue weighted by atomic mass is 10.2. The highest BCUT2D eigenvalue weighted by atomic mass is 32.2. The summed E-state index contributed by atoms with van der Waals surface area (Å²) in [5, 5.41) is 15.3. The first-order valence-corrected chi connectivity index (χ1v) is 9.00. The summed E-state index contributed by atoms with van der Waals surface area (Å²) in [4.78, 5) is 38.6. The van der Waals surface area contributed by atoms with Gasteiger partial charge in [-0.15, -0.1) is 11.3 Å². The maximum atomic E-state index is 12.3. The van der Waals surface area contributed by atoms with Gasteiger partial charge < -0.3 is 10.5 Å². The van der Waals surface area contributed by atoms with Crippen LogP contribution in [-0.2, 0) is 4.79 Å². The molecule has 0 aliphatic carbocycles. The largest absolute Gasteiger partial charge is 0.619 e. The van der Waals surface area contributed by atoms with Crippen molar-refractivity contribution in [3.63, 3.8) is 0 Å². The minimum Gasteiger partial charge on any atom is -0.619 e. The van der Waals surface area contributed by atoms with E-state index < -0.39 is 5.91 Å². The molecule has 1 aliphatic rings. The monoisotopic (exact) mass is 375 g/mol. The maximum absolute atomic E-state index is 12.3. The van der Waals surface area contributed by atoms with Crippen LogP contribution in [0.4, 0.5) is 4.79 Å². The summed E-state index contributed by atoms with van der Waals surface area (Å²) in [6.45, 7) is 0.180. The van der Waals surface area contributed by atoms with Crippen LogP contribution in [-0.4, -0.2) is 35.0 Å². The summed E-state index contributed by atoms with van der Waals surface area (Å²) in [7, 11) is 0. The molecule has 3 amide bonds. The number of rotatable bonds is 5. The highest BCUT2D eigenvalue weighted by Gasteiger charge is 2.34. The zero-order valence-corrected chi connectivity index (χ0v) is 14.5. The van der Waals surface area contributed by atoms with Crippen LogP contribution in [0, 0.1) is 5.21 Å². The van der Waals surface area contributed by atoms with Gasteiger partial charge in [-0.3, -0.25) is 19.3 Å². The number of thioether (sulfide) groups is 1. The van der Waals surface area contributed by atoms with Crippen LogP contribution < -0.4 is 10.0 Å². The van der Waals surface area contributed by atoms with E-state index in [1.807, 2.05) is 17.5 Å². The summed E-state index contributed by atoms with van der Waals surface area (Å²) in [5.74, 6) is -0.805. The fraction of sp³-hybridized carbons (Fsp3) is 0.125. The van der Waals surface area contributed by atoms with Gasteiger partial charge in [0.15, 0.2) is 12.4 Å². The van der Waals surface area contributed by atoms with Crippen molar-refractivity contribution in [2.75, 3.05) is 13.1 Å². The van der Waals surface area contributed by atoms with Gasteiger partial charge in [-0.25, -0.2) is 0 Å². The minimum absolute atomic E-state index is 0.0718. The number of hydrogen-bond acceptors (Lipinski definition) is 6. The van der Waals surface area contributed by atoms with Crippen molar-refractivity contribution >= 4 is 46.2 Å². The van der Waals surface area contributed by atoms with Gasteiger partial charge in [-0.1, -0.05) is 6.07 Å². The molecule has 1 aliphatic heterocycles. The fourth-order valence-corrected chi connectivity index (χ4v) is 3.76. The Morgan fingerprint density at radius 3 is 2.88 bits per heavy atom. The molecule has 0 saturated carbocycles. The van der Waals surface area contributed by atoms with Crippen molar-refractivity contribution in [1.82, 2.24) is 10.2 Å². The van der Waals surface area contributed by atoms with Gasteiger partial charge in [0.1, 0.15) is 5.56 Å². The lowest BCUT2D eigenvalue weighted by molar-refractivity contribution is -0.605. The van der Waals surface area contributed by atoms with Crippen molar-refractivity contribution < 1.29 is 19.1 Å². The third-order valence-electron chi connectivity index (χ3n) is 3.35. The Balaban J connectivity index is 1.57. The normalized spacial score (nSPS) is 15.8. The van der Waals surface area contributed by atoms with Crippen molar-refractivity contribution in [3.8, 4) is 0 Å². The Kier molecular flexibility index (Phi) is 5.15. The van der Waals surface area contributed by atoms with Crippen LogP contribution in [0.1, 0.15) is 15.2 Å². The molecule has 2 aromatic heterocycles. The molecule has 0 unspecified atom stereocenters. The van der Waals surface area contributed by atoms with Gasteiger partial charge in [0.25, 0.3) is 17.1 Å². The molecule has 128 valence electrons. The van der Waals surface area contributed by atoms with Crippen molar-refractivity contribution in [1.29, 1.82) is 0 Å². The second-order valence-electron chi connectivity index (χ2n) is 5.06. The predicted molar refractivity (Wildman–Crippen MR) is 94.7 cm³/mol. The molecule has 0 radical (unpaired) electrons. The number of thiophene rings is 1. The maximum Gasteiger partial charge on any atom is 0.293 e. The fourth-order valence-electron chi connectivity index (χ4n) is 2.17. The quantitative estimate of drug-likeness (QED) is 0.489. The van der Waals surface area contributed by atoms with E-state index in [0.717, 1.165) is 27.7 Å². The molecule has 0 aromatic carbocycles. The molecule has 3 heterocycles. The van der Waals surface area contributed by atoms with Crippen molar-refractivity contribution in [2.24, 2.45) is 0 Å². The number of imide groups is 1. The standard InChI is InChI=1S/C16H13N3O4S2/c20-14(11-3-1-6-18(23)10-11)17-5-7-19-15(21)13(25-16(19)22)9-12-4-2-8-24-12/h1-4,6,8-10H,5,7H2,(H,17,20). The summed E-state index contributed by atoms with van der Waals surface area (Å²) in [5.41, 5.74) is 0.212. The Labute approximate surface area is 151 Å². The van der Waals surface area contributed by atoms with Gasteiger partial charge in [0.05, 0.1) is 4.91 Å². The first kappa shape index (κ1) is 17.2. The number of carbonyl (C=O) groups is 3. The van der Waals surface area contributed by atoms with E-state index in [4.69, 9.17) is 0 Å². The van der Waals surface area contributed by atoms with E-state index in [-0.39, 0.29) is 29.8 Å². The topological polar surface area (TPSA) is 93.4 Å². The Morgan fingerprint density at radius 2 is 2.16 bits per heavy atom. The second-order valence-corrected chi connectivity index (χ2v) is 7.03. The van der Waals surface area contributed by atoms with Gasteiger partial charge in [-0.05, 0) is 35.4 Å². The van der Waals surface area contributed by atoms with Crippen LogP contribution in [0.2, 0.25) is 0 Å². The van der Waals surface area contributed by atoms with Gasteiger partial charge in [0.2, 0.25) is 0 Å². The van der Waals surface area contributed by atoms with Crippen molar-refractivity contribution in [2.45, 2.75) is 0 Å². The van der Waals surface area contributed by atoms with Crippen LogP contribution >= 0.6 is 23.1 Å². The highest BCUT2D eigenvalue weighted by Crippen LogP contribution is 2.32. The van der Waals surface area contributed by atoms with Gasteiger partial charge >= 0.3 is 0 Å². The van der Waals surface area contributed by atoms with E-state index in [9.17, 15) is 19.6 Å². The van der Waals surface area contributed by atoms with Gasteiger partial charge in [0, 0.05) is 24.0 Å². The average molecular weight is 375 g/mol. The number of hydrogen-bond donors (Lipinski definition) is 1. The minimum atomic E-state index is -0.439. The molecular formula is C16H13N3O4S2. The number of nitrogens with zero attached hydrogens (tertiary/aromatic N) is 2. The molecule has 2 aromatic rings. The molecule has 3 rings (SSSR count). The summed E-state index contributed by atoms with van der Waals surface area (Å²) in [6, 6.07) is 6.70. The van der Waals surface area contributed by atoms with Crippen LogP contribution in [0.3, 0.4) is 0 Å². The molecule has 0 bridgehead atoms. The smallest absolute Gasteiger partial charge is 0.293 e. The average Bonchev–Trinajstić information content (AvgIpc) is 3.18. The first-order valence-electron chi connectivity index (χ1n) is 7.30. The SMILES string of the molecule is O=C(NCCN1C(=O)SC(=Cc2cccs2)C1=O)c1ccc[n+]([O-])c1. The number of carbonyl (C=O) groups excluding carboxylic acids is 3.